The standard InChI is InChI=1S/C14H17N3O3S/c1-16(9-10-17-8-4-7-13(17)18)14-11-5-2-3-6-12(11)21(19,20)15-14/h2-3,5-6H,4,7-10H2,1H3. The van der Waals surface area contributed by atoms with Gasteiger partial charge in [-0.25, -0.2) is 0 Å². The third-order valence-electron chi connectivity index (χ3n) is 3.85. The van der Waals surface area contributed by atoms with Crippen molar-refractivity contribution in [3.63, 3.8) is 0 Å². The van der Waals surface area contributed by atoms with E-state index >= 15 is 0 Å². The van der Waals surface area contributed by atoms with Crippen molar-refractivity contribution in [3.05, 3.63) is 29.8 Å². The third kappa shape index (κ3) is 2.53. The van der Waals surface area contributed by atoms with Crippen LogP contribution < -0.4 is 0 Å². The maximum Gasteiger partial charge on any atom is 0.285 e. The lowest BCUT2D eigenvalue weighted by Crippen LogP contribution is -2.36. The maximum absolute atomic E-state index is 12.0. The fraction of sp³-hybridized carbons (Fsp3) is 0.429. The molecule has 0 atom stereocenters. The monoisotopic (exact) mass is 307 g/mol. The number of sulfonamides is 1. The van der Waals surface area contributed by atoms with Gasteiger partial charge in [-0.1, -0.05) is 12.1 Å². The molecule has 0 aromatic heterocycles. The lowest BCUT2D eigenvalue weighted by molar-refractivity contribution is -0.127. The largest absolute Gasteiger partial charge is 0.357 e. The summed E-state index contributed by atoms with van der Waals surface area (Å²) in [6.45, 7) is 1.94. The number of likely N-dealkylation sites (N-methyl/N-ethyl adjacent to an activating group) is 1. The first-order chi connectivity index (χ1) is 9.99. The zero-order valence-corrected chi connectivity index (χ0v) is 12.6. The van der Waals surface area contributed by atoms with Gasteiger partial charge in [0, 0.05) is 38.7 Å². The van der Waals surface area contributed by atoms with E-state index in [1.54, 1.807) is 36.2 Å². The number of fused-ring (bicyclic) bond motifs is 1. The molecule has 7 heteroatoms. The van der Waals surface area contributed by atoms with Crippen LogP contribution in [0.2, 0.25) is 0 Å². The fourth-order valence-electron chi connectivity index (χ4n) is 2.68. The zero-order chi connectivity index (χ0) is 15.0. The number of rotatable bonds is 3. The number of carbonyl (C=O) groups excluding carboxylic acids is 1. The van der Waals surface area contributed by atoms with Gasteiger partial charge in [-0.05, 0) is 18.6 Å². The molecular weight excluding hydrogens is 290 g/mol. The van der Waals surface area contributed by atoms with E-state index in [0.717, 1.165) is 13.0 Å². The molecule has 0 bridgehead atoms. The zero-order valence-electron chi connectivity index (χ0n) is 11.8. The fourth-order valence-corrected chi connectivity index (χ4v) is 3.93. The Kier molecular flexibility index (Phi) is 3.44. The highest BCUT2D eigenvalue weighted by atomic mass is 32.2. The molecule has 0 saturated carbocycles. The Bertz CT molecular complexity index is 712. The molecule has 2 heterocycles. The van der Waals surface area contributed by atoms with Crippen molar-refractivity contribution in [1.29, 1.82) is 0 Å². The van der Waals surface area contributed by atoms with E-state index in [0.29, 0.717) is 30.9 Å². The average molecular weight is 307 g/mol. The summed E-state index contributed by atoms with van der Waals surface area (Å²) in [4.78, 5) is 15.5. The molecule has 6 nitrogen and oxygen atoms in total. The maximum atomic E-state index is 12.0. The normalized spacial score (nSPS) is 19.6. The van der Waals surface area contributed by atoms with Gasteiger partial charge in [-0.2, -0.15) is 8.42 Å². The molecule has 2 aliphatic rings. The van der Waals surface area contributed by atoms with Gasteiger partial charge in [0.2, 0.25) is 5.91 Å². The van der Waals surface area contributed by atoms with Gasteiger partial charge in [0.25, 0.3) is 10.0 Å². The Morgan fingerprint density at radius 2 is 2.10 bits per heavy atom. The molecule has 0 unspecified atom stereocenters. The van der Waals surface area contributed by atoms with Gasteiger partial charge in [-0.15, -0.1) is 4.40 Å². The summed E-state index contributed by atoms with van der Waals surface area (Å²) in [6.07, 6.45) is 1.52. The lowest BCUT2D eigenvalue weighted by atomic mass is 10.2. The molecule has 21 heavy (non-hydrogen) atoms. The summed E-state index contributed by atoms with van der Waals surface area (Å²) in [5.41, 5.74) is 0.632. The molecule has 1 fully saturated rings. The number of nitrogens with zero attached hydrogens (tertiary/aromatic N) is 3. The molecule has 0 N–H and O–H groups in total. The molecule has 0 spiro atoms. The highest BCUT2D eigenvalue weighted by Gasteiger charge is 2.30. The molecule has 0 radical (unpaired) electrons. The lowest BCUT2D eigenvalue weighted by Gasteiger charge is -2.23. The first-order valence-corrected chi connectivity index (χ1v) is 8.36. The summed E-state index contributed by atoms with van der Waals surface area (Å²) < 4.78 is 27.9. The summed E-state index contributed by atoms with van der Waals surface area (Å²) >= 11 is 0. The molecule has 1 aromatic carbocycles. The molecule has 1 saturated heterocycles. The predicted octanol–water partition coefficient (Wildman–Crippen LogP) is 0.690. The van der Waals surface area contributed by atoms with Crippen LogP contribution in [-0.2, 0) is 14.8 Å². The van der Waals surface area contributed by atoms with Crippen LogP contribution in [0.1, 0.15) is 18.4 Å². The molecular formula is C14H17N3O3S. The van der Waals surface area contributed by atoms with Crippen LogP contribution in [0.5, 0.6) is 0 Å². The van der Waals surface area contributed by atoms with E-state index in [1.165, 1.54) is 0 Å². The van der Waals surface area contributed by atoms with Crippen molar-refractivity contribution in [2.24, 2.45) is 4.40 Å². The summed E-state index contributed by atoms with van der Waals surface area (Å²) in [6, 6.07) is 6.82. The summed E-state index contributed by atoms with van der Waals surface area (Å²) in [7, 11) is -1.78. The van der Waals surface area contributed by atoms with Gasteiger partial charge in [0.05, 0.1) is 0 Å². The van der Waals surface area contributed by atoms with Crippen LogP contribution in [0.25, 0.3) is 0 Å². The Morgan fingerprint density at radius 1 is 1.33 bits per heavy atom. The second-order valence-electron chi connectivity index (χ2n) is 5.29. The number of carbonyl (C=O) groups is 1. The highest BCUT2D eigenvalue weighted by Crippen LogP contribution is 2.26. The van der Waals surface area contributed by atoms with Crippen molar-refractivity contribution in [3.8, 4) is 0 Å². The van der Waals surface area contributed by atoms with E-state index in [2.05, 4.69) is 4.40 Å². The minimum absolute atomic E-state index is 0.171. The SMILES string of the molecule is CN(CCN1CCCC1=O)C1=NS(=O)(=O)c2ccccc21. The smallest absolute Gasteiger partial charge is 0.285 e. The molecule has 1 aromatic rings. The van der Waals surface area contributed by atoms with Gasteiger partial charge < -0.3 is 9.80 Å². The number of likely N-dealkylation sites (tertiary alicyclic amines) is 1. The van der Waals surface area contributed by atoms with Gasteiger partial charge >= 0.3 is 0 Å². The van der Waals surface area contributed by atoms with Crippen LogP contribution in [0.4, 0.5) is 0 Å². The number of amides is 1. The van der Waals surface area contributed by atoms with Crippen LogP contribution in [-0.4, -0.2) is 56.6 Å². The first-order valence-electron chi connectivity index (χ1n) is 6.92. The molecule has 112 valence electrons. The topological polar surface area (TPSA) is 70.0 Å². The third-order valence-corrected chi connectivity index (χ3v) is 5.18. The van der Waals surface area contributed by atoms with Crippen molar-refractivity contribution < 1.29 is 13.2 Å². The molecule has 0 aliphatic carbocycles. The van der Waals surface area contributed by atoms with Crippen molar-refractivity contribution in [1.82, 2.24) is 9.80 Å². The molecule has 2 aliphatic heterocycles. The van der Waals surface area contributed by atoms with Crippen molar-refractivity contribution in [2.45, 2.75) is 17.7 Å². The van der Waals surface area contributed by atoms with Crippen molar-refractivity contribution >= 4 is 21.8 Å². The summed E-state index contributed by atoms with van der Waals surface area (Å²) in [5, 5.41) is 0. The Balaban J connectivity index is 1.76. The van der Waals surface area contributed by atoms with Crippen LogP contribution in [0.15, 0.2) is 33.6 Å². The van der Waals surface area contributed by atoms with Crippen molar-refractivity contribution in [2.75, 3.05) is 26.7 Å². The highest BCUT2D eigenvalue weighted by molar-refractivity contribution is 7.90. The summed E-state index contributed by atoms with van der Waals surface area (Å²) in [5.74, 6) is 0.627. The Hall–Kier alpha value is -1.89. The van der Waals surface area contributed by atoms with E-state index in [4.69, 9.17) is 0 Å². The number of benzene rings is 1. The van der Waals surface area contributed by atoms with E-state index in [-0.39, 0.29) is 10.8 Å². The van der Waals surface area contributed by atoms with Crippen LogP contribution in [0, 0.1) is 0 Å². The predicted molar refractivity (Wildman–Crippen MR) is 78.6 cm³/mol. The quantitative estimate of drug-likeness (QED) is 0.824. The van der Waals surface area contributed by atoms with Gasteiger partial charge in [0.1, 0.15) is 4.90 Å². The van der Waals surface area contributed by atoms with E-state index in [1.807, 2.05) is 4.90 Å². The second kappa shape index (κ2) is 5.14. The Morgan fingerprint density at radius 3 is 2.81 bits per heavy atom. The Labute approximate surface area is 124 Å². The van der Waals surface area contributed by atoms with Crippen LogP contribution >= 0.6 is 0 Å². The van der Waals surface area contributed by atoms with Gasteiger partial charge in [0.15, 0.2) is 5.84 Å². The molecule has 1 amide bonds. The molecule has 3 rings (SSSR count). The van der Waals surface area contributed by atoms with Gasteiger partial charge in [-0.3, -0.25) is 4.79 Å². The van der Waals surface area contributed by atoms with E-state index in [9.17, 15) is 13.2 Å². The second-order valence-corrected chi connectivity index (χ2v) is 6.86. The minimum atomic E-state index is -3.58. The number of hydrogen-bond acceptors (Lipinski definition) is 4. The van der Waals surface area contributed by atoms with Crippen LogP contribution in [0.3, 0.4) is 0 Å². The minimum Gasteiger partial charge on any atom is -0.357 e. The number of hydrogen-bond donors (Lipinski definition) is 0. The number of amidine groups is 1. The van der Waals surface area contributed by atoms with E-state index < -0.39 is 10.0 Å². The first kappa shape index (κ1) is 14.1. The average Bonchev–Trinajstić information content (AvgIpc) is 2.98.